The van der Waals surface area contributed by atoms with Crippen molar-refractivity contribution in [2.75, 3.05) is 6.54 Å². The molecule has 1 N–H and O–H groups in total. The minimum atomic E-state index is -0.326. The van der Waals surface area contributed by atoms with Gasteiger partial charge in [0.05, 0.1) is 17.0 Å². The predicted octanol–water partition coefficient (Wildman–Crippen LogP) is 5.64. The van der Waals surface area contributed by atoms with E-state index in [0.29, 0.717) is 13.1 Å². The van der Waals surface area contributed by atoms with Gasteiger partial charge >= 0.3 is 0 Å². The lowest BCUT2D eigenvalue weighted by molar-refractivity contribution is -0.133. The number of carbonyl (C=O) groups is 1. The van der Waals surface area contributed by atoms with Crippen molar-refractivity contribution >= 4 is 16.9 Å². The lowest BCUT2D eigenvalue weighted by Crippen LogP contribution is -2.35. The van der Waals surface area contributed by atoms with Gasteiger partial charge in [0.25, 0.3) is 0 Å². The molecule has 0 bridgehead atoms. The molecule has 0 radical (unpaired) electrons. The zero-order valence-corrected chi connectivity index (χ0v) is 18.2. The summed E-state index contributed by atoms with van der Waals surface area (Å²) in [5, 5.41) is 0. The number of hydrogen-bond acceptors (Lipinski definition) is 2. The third-order valence-electron chi connectivity index (χ3n) is 5.86. The number of hydrogen-bond donors (Lipinski definition) is 1. The second-order valence-corrected chi connectivity index (χ2v) is 8.14. The van der Waals surface area contributed by atoms with E-state index in [1.165, 1.54) is 16.7 Å². The number of amides is 1. The molecule has 0 aliphatic carbocycles. The molecule has 0 unspecified atom stereocenters. The van der Waals surface area contributed by atoms with E-state index in [9.17, 15) is 4.79 Å². The largest absolute Gasteiger partial charge is 0.341 e. The van der Waals surface area contributed by atoms with Crippen LogP contribution in [0.2, 0.25) is 0 Å². The number of imidazole rings is 1. The molecule has 31 heavy (non-hydrogen) atoms. The molecular weight excluding hydrogens is 382 g/mol. The monoisotopic (exact) mass is 411 g/mol. The van der Waals surface area contributed by atoms with Crippen molar-refractivity contribution in [3.63, 3.8) is 0 Å². The molecule has 0 saturated carbocycles. The van der Waals surface area contributed by atoms with Crippen molar-refractivity contribution in [2.24, 2.45) is 0 Å². The van der Waals surface area contributed by atoms with Crippen LogP contribution in [0.1, 0.15) is 41.8 Å². The molecule has 1 amide bonds. The third kappa shape index (κ3) is 5.02. The molecule has 4 heteroatoms. The average molecular weight is 412 g/mol. The van der Waals surface area contributed by atoms with Crippen LogP contribution >= 0.6 is 0 Å². The Bertz CT molecular complexity index is 1120. The van der Waals surface area contributed by atoms with Crippen LogP contribution in [0.5, 0.6) is 0 Å². The number of aryl methyl sites for hydroxylation is 2. The van der Waals surface area contributed by atoms with Crippen molar-refractivity contribution in [1.82, 2.24) is 14.9 Å². The number of aromatic nitrogens is 2. The zero-order chi connectivity index (χ0) is 21.6. The molecule has 4 rings (SSSR count). The van der Waals surface area contributed by atoms with Gasteiger partial charge in [-0.2, -0.15) is 0 Å². The minimum absolute atomic E-state index is 0.107. The highest BCUT2D eigenvalue weighted by molar-refractivity contribution is 5.84. The predicted molar refractivity (Wildman–Crippen MR) is 126 cm³/mol. The van der Waals surface area contributed by atoms with E-state index in [2.05, 4.69) is 53.3 Å². The molecule has 1 heterocycles. The number of aromatic amines is 1. The summed E-state index contributed by atoms with van der Waals surface area (Å²) in [6, 6.07) is 26.6. The number of para-hydroxylation sites is 2. The molecule has 0 spiro atoms. The summed E-state index contributed by atoms with van der Waals surface area (Å²) < 4.78 is 0. The molecular formula is C27H29N3O. The van der Waals surface area contributed by atoms with Gasteiger partial charge in [-0.1, -0.05) is 66.7 Å². The first-order valence-electron chi connectivity index (χ1n) is 10.9. The number of H-pyrrole nitrogens is 1. The van der Waals surface area contributed by atoms with Gasteiger partial charge in [0.1, 0.15) is 5.82 Å². The van der Waals surface area contributed by atoms with Gasteiger partial charge in [0, 0.05) is 13.1 Å². The topological polar surface area (TPSA) is 49.0 Å². The Kier molecular flexibility index (Phi) is 6.46. The smallest absolute Gasteiger partial charge is 0.233 e. The fourth-order valence-corrected chi connectivity index (χ4v) is 3.95. The number of benzene rings is 3. The number of nitrogens with one attached hydrogen (secondary N) is 1. The van der Waals surface area contributed by atoms with Gasteiger partial charge in [-0.3, -0.25) is 4.79 Å². The second kappa shape index (κ2) is 9.61. The Morgan fingerprint density at radius 3 is 2.45 bits per heavy atom. The summed E-state index contributed by atoms with van der Waals surface area (Å²) >= 11 is 0. The van der Waals surface area contributed by atoms with E-state index < -0.39 is 0 Å². The summed E-state index contributed by atoms with van der Waals surface area (Å²) in [5.41, 5.74) is 5.56. The maximum absolute atomic E-state index is 13.5. The molecule has 0 saturated heterocycles. The van der Waals surface area contributed by atoms with E-state index in [4.69, 9.17) is 0 Å². The molecule has 158 valence electrons. The van der Waals surface area contributed by atoms with Crippen molar-refractivity contribution in [1.29, 1.82) is 0 Å². The Hall–Kier alpha value is -3.40. The Labute approximate surface area is 183 Å². The van der Waals surface area contributed by atoms with Crippen LogP contribution in [0.25, 0.3) is 11.0 Å². The number of nitrogens with zero attached hydrogens (tertiary/aromatic N) is 2. The molecule has 1 aromatic heterocycles. The number of fused-ring (bicyclic) bond motifs is 1. The fraction of sp³-hybridized carbons (Fsp3) is 0.259. The van der Waals surface area contributed by atoms with Crippen LogP contribution < -0.4 is 0 Å². The average Bonchev–Trinajstić information content (AvgIpc) is 3.24. The van der Waals surface area contributed by atoms with Gasteiger partial charge in [0.15, 0.2) is 0 Å². The lowest BCUT2D eigenvalue weighted by Gasteiger charge is -2.26. The van der Waals surface area contributed by atoms with Crippen LogP contribution in [0.4, 0.5) is 0 Å². The highest BCUT2D eigenvalue weighted by atomic mass is 16.2. The van der Waals surface area contributed by atoms with Crippen molar-refractivity contribution < 1.29 is 4.79 Å². The number of carbonyl (C=O) groups excluding carboxylic acids is 1. The molecule has 0 fully saturated rings. The number of rotatable bonds is 8. The summed E-state index contributed by atoms with van der Waals surface area (Å²) in [6.45, 7) is 5.38. The molecule has 3 aromatic carbocycles. The van der Waals surface area contributed by atoms with Crippen LogP contribution in [-0.2, 0) is 17.8 Å². The maximum atomic E-state index is 13.5. The SMILES string of the molecule is Cc1ccccc1CN(CCCc1ccccc1)C(=O)[C@@H](C)c1nc2ccccc2[nH]1. The van der Waals surface area contributed by atoms with Crippen molar-refractivity contribution in [2.45, 2.75) is 39.2 Å². The Morgan fingerprint density at radius 1 is 0.968 bits per heavy atom. The Morgan fingerprint density at radius 2 is 1.68 bits per heavy atom. The minimum Gasteiger partial charge on any atom is -0.341 e. The van der Waals surface area contributed by atoms with E-state index in [-0.39, 0.29) is 11.8 Å². The highest BCUT2D eigenvalue weighted by Crippen LogP contribution is 2.21. The summed E-state index contributed by atoms with van der Waals surface area (Å²) in [6.07, 6.45) is 1.88. The van der Waals surface area contributed by atoms with E-state index >= 15 is 0 Å². The first kappa shape index (κ1) is 20.9. The maximum Gasteiger partial charge on any atom is 0.233 e. The van der Waals surface area contributed by atoms with Gasteiger partial charge < -0.3 is 9.88 Å². The first-order valence-corrected chi connectivity index (χ1v) is 10.9. The molecule has 1 atom stereocenters. The molecule has 0 aliphatic rings. The fourth-order valence-electron chi connectivity index (χ4n) is 3.95. The summed E-state index contributed by atoms with van der Waals surface area (Å²) in [5.74, 6) is 0.507. The van der Waals surface area contributed by atoms with Crippen LogP contribution in [0.3, 0.4) is 0 Å². The molecule has 4 nitrogen and oxygen atoms in total. The van der Waals surface area contributed by atoms with Gasteiger partial charge in [-0.15, -0.1) is 0 Å². The van der Waals surface area contributed by atoms with Gasteiger partial charge in [-0.05, 0) is 55.5 Å². The van der Waals surface area contributed by atoms with E-state index in [1.54, 1.807) is 0 Å². The van der Waals surface area contributed by atoms with Gasteiger partial charge in [-0.25, -0.2) is 4.98 Å². The van der Waals surface area contributed by atoms with Crippen LogP contribution in [0, 0.1) is 6.92 Å². The van der Waals surface area contributed by atoms with E-state index in [0.717, 1.165) is 29.7 Å². The molecule has 4 aromatic rings. The van der Waals surface area contributed by atoms with Crippen LogP contribution in [-0.4, -0.2) is 27.3 Å². The highest BCUT2D eigenvalue weighted by Gasteiger charge is 2.25. The molecule has 0 aliphatic heterocycles. The standard InChI is InChI=1S/C27H29N3O/c1-20-11-6-7-15-23(20)19-30(18-10-14-22-12-4-3-5-13-22)27(31)21(2)26-28-24-16-8-9-17-25(24)29-26/h3-9,11-13,15-17,21H,10,14,18-19H2,1-2H3,(H,28,29)/t21-/m0/s1. The normalized spacial score (nSPS) is 12.1. The van der Waals surface area contributed by atoms with Crippen LogP contribution in [0.15, 0.2) is 78.9 Å². The van der Waals surface area contributed by atoms with Crippen molar-refractivity contribution in [3.05, 3.63) is 101 Å². The quantitative estimate of drug-likeness (QED) is 0.408. The lowest BCUT2D eigenvalue weighted by atomic mass is 10.0. The Balaban J connectivity index is 1.52. The third-order valence-corrected chi connectivity index (χ3v) is 5.86. The van der Waals surface area contributed by atoms with E-state index in [1.807, 2.05) is 54.3 Å². The zero-order valence-electron chi connectivity index (χ0n) is 18.2. The summed E-state index contributed by atoms with van der Waals surface area (Å²) in [7, 11) is 0. The van der Waals surface area contributed by atoms with Crippen molar-refractivity contribution in [3.8, 4) is 0 Å². The van der Waals surface area contributed by atoms with Gasteiger partial charge in [0.2, 0.25) is 5.91 Å². The first-order chi connectivity index (χ1) is 15.1. The second-order valence-electron chi connectivity index (χ2n) is 8.14. The summed E-state index contributed by atoms with van der Waals surface area (Å²) in [4.78, 5) is 23.5.